The van der Waals surface area contributed by atoms with Crippen LogP contribution in [0.5, 0.6) is 0 Å². The highest BCUT2D eigenvalue weighted by Gasteiger charge is 2.33. The first-order valence-corrected chi connectivity index (χ1v) is 14.4. The smallest absolute Gasteiger partial charge is 0.264 e. The molecule has 0 fully saturated rings. The Kier molecular flexibility index (Phi) is 10.1. The van der Waals surface area contributed by atoms with Gasteiger partial charge in [-0.1, -0.05) is 70.7 Å². The van der Waals surface area contributed by atoms with E-state index in [1.807, 2.05) is 6.92 Å². The molecular formula is C27H28Cl3N3O4S. The number of carbonyl (C=O) groups excluding carboxylic acids is 2. The maximum atomic E-state index is 13.8. The largest absolute Gasteiger partial charge is 0.355 e. The molecule has 0 aromatic heterocycles. The van der Waals surface area contributed by atoms with Gasteiger partial charge in [-0.3, -0.25) is 13.9 Å². The molecule has 0 unspecified atom stereocenters. The molecule has 0 radical (unpaired) electrons. The Morgan fingerprint density at radius 2 is 1.58 bits per heavy atom. The van der Waals surface area contributed by atoms with Crippen LogP contribution in [0.15, 0.2) is 71.6 Å². The molecule has 1 atom stereocenters. The standard InChI is InChI=1S/C27H28Cl3N3O4S/c1-4-31-27(35)19(3)32(16-20-10-12-21(28)13-11-20)25(34)17-33(24-7-5-6-23(29)26(24)30)38(36,37)22-14-8-18(2)9-15-22/h5-15,19H,4,16-17H2,1-3H3,(H,31,35)/t19-/m0/s1. The van der Waals surface area contributed by atoms with Crippen LogP contribution in [0.25, 0.3) is 0 Å². The predicted octanol–water partition coefficient (Wildman–Crippen LogP) is 5.70. The predicted molar refractivity (Wildman–Crippen MR) is 152 cm³/mol. The highest BCUT2D eigenvalue weighted by molar-refractivity contribution is 7.92. The zero-order valence-electron chi connectivity index (χ0n) is 21.1. The lowest BCUT2D eigenvalue weighted by Gasteiger charge is -2.32. The highest BCUT2D eigenvalue weighted by Crippen LogP contribution is 2.35. The molecule has 3 aromatic rings. The Morgan fingerprint density at radius 1 is 0.947 bits per heavy atom. The van der Waals surface area contributed by atoms with E-state index >= 15 is 0 Å². The van der Waals surface area contributed by atoms with E-state index in [0.717, 1.165) is 9.87 Å². The van der Waals surface area contributed by atoms with Crippen molar-refractivity contribution in [3.8, 4) is 0 Å². The average molecular weight is 597 g/mol. The van der Waals surface area contributed by atoms with Crippen LogP contribution < -0.4 is 9.62 Å². The van der Waals surface area contributed by atoms with Crippen LogP contribution >= 0.6 is 34.8 Å². The number of nitrogens with one attached hydrogen (secondary N) is 1. The van der Waals surface area contributed by atoms with Gasteiger partial charge in [0.05, 0.1) is 20.6 Å². The lowest BCUT2D eigenvalue weighted by Crippen LogP contribution is -2.51. The summed E-state index contributed by atoms with van der Waals surface area (Å²) in [7, 11) is -4.25. The summed E-state index contributed by atoms with van der Waals surface area (Å²) >= 11 is 18.6. The molecule has 0 spiro atoms. The van der Waals surface area contributed by atoms with E-state index in [4.69, 9.17) is 34.8 Å². The minimum atomic E-state index is -4.25. The molecule has 0 aliphatic carbocycles. The number of hydrogen-bond acceptors (Lipinski definition) is 4. The summed E-state index contributed by atoms with van der Waals surface area (Å²) in [5.41, 5.74) is 1.63. The van der Waals surface area contributed by atoms with Crippen molar-refractivity contribution in [3.63, 3.8) is 0 Å². The summed E-state index contributed by atoms with van der Waals surface area (Å²) in [5, 5.41) is 3.36. The molecule has 0 aliphatic rings. The van der Waals surface area contributed by atoms with Crippen molar-refractivity contribution in [1.29, 1.82) is 0 Å². The summed E-state index contributed by atoms with van der Waals surface area (Å²) in [6.07, 6.45) is 0. The number of rotatable bonds is 10. The van der Waals surface area contributed by atoms with Gasteiger partial charge >= 0.3 is 0 Å². The molecule has 3 aromatic carbocycles. The molecule has 1 N–H and O–H groups in total. The lowest BCUT2D eigenvalue weighted by molar-refractivity contribution is -0.139. The third-order valence-corrected chi connectivity index (χ3v) is 8.71. The van der Waals surface area contributed by atoms with Crippen molar-refractivity contribution < 1.29 is 18.0 Å². The fourth-order valence-electron chi connectivity index (χ4n) is 3.73. The van der Waals surface area contributed by atoms with Gasteiger partial charge in [0.15, 0.2) is 0 Å². The van der Waals surface area contributed by atoms with Crippen molar-refractivity contribution in [3.05, 3.63) is 92.9 Å². The molecule has 0 saturated carbocycles. The second-order valence-corrected chi connectivity index (χ2v) is 11.7. The van der Waals surface area contributed by atoms with Gasteiger partial charge in [0, 0.05) is 18.1 Å². The first-order valence-electron chi connectivity index (χ1n) is 11.8. The molecule has 2 amide bonds. The SMILES string of the molecule is CCNC(=O)[C@H](C)N(Cc1ccc(Cl)cc1)C(=O)CN(c1cccc(Cl)c1Cl)S(=O)(=O)c1ccc(C)cc1. The lowest BCUT2D eigenvalue weighted by atomic mass is 10.1. The zero-order chi connectivity index (χ0) is 28.0. The first-order chi connectivity index (χ1) is 17.9. The van der Waals surface area contributed by atoms with Crippen molar-refractivity contribution in [2.24, 2.45) is 0 Å². The Morgan fingerprint density at radius 3 is 2.18 bits per heavy atom. The van der Waals surface area contributed by atoms with Gasteiger partial charge in [0.25, 0.3) is 10.0 Å². The Hall–Kier alpha value is -2.78. The van der Waals surface area contributed by atoms with Gasteiger partial charge in [0.1, 0.15) is 12.6 Å². The number of nitrogens with zero attached hydrogens (tertiary/aromatic N) is 2. The van der Waals surface area contributed by atoms with Gasteiger partial charge in [-0.25, -0.2) is 8.42 Å². The second kappa shape index (κ2) is 12.8. The summed E-state index contributed by atoms with van der Waals surface area (Å²) in [4.78, 5) is 27.9. The first kappa shape index (κ1) is 29.8. The number of carbonyl (C=O) groups is 2. The quantitative estimate of drug-likeness (QED) is 0.325. The molecule has 0 bridgehead atoms. The minimum Gasteiger partial charge on any atom is -0.355 e. The topological polar surface area (TPSA) is 86.8 Å². The van der Waals surface area contributed by atoms with Crippen LogP contribution in [-0.2, 0) is 26.2 Å². The maximum Gasteiger partial charge on any atom is 0.264 e. The van der Waals surface area contributed by atoms with Crippen molar-refractivity contribution in [2.45, 2.75) is 38.3 Å². The number of anilines is 1. The van der Waals surface area contributed by atoms with Crippen LogP contribution in [-0.4, -0.2) is 44.3 Å². The summed E-state index contributed by atoms with van der Waals surface area (Å²) < 4.78 is 28.6. The summed E-state index contributed by atoms with van der Waals surface area (Å²) in [6.45, 7) is 5.00. The Balaban J connectivity index is 2.07. The number of likely N-dealkylation sites (N-methyl/N-ethyl adjacent to an activating group) is 1. The van der Waals surface area contributed by atoms with Crippen molar-refractivity contribution in [2.75, 3.05) is 17.4 Å². The number of hydrogen-bond donors (Lipinski definition) is 1. The van der Waals surface area contributed by atoms with Gasteiger partial charge in [0.2, 0.25) is 11.8 Å². The molecular weight excluding hydrogens is 569 g/mol. The number of aryl methyl sites for hydroxylation is 1. The van der Waals surface area contributed by atoms with E-state index in [1.54, 1.807) is 56.3 Å². The highest BCUT2D eigenvalue weighted by atomic mass is 35.5. The normalized spacial score (nSPS) is 12.1. The fourth-order valence-corrected chi connectivity index (χ4v) is 5.73. The molecule has 0 heterocycles. The minimum absolute atomic E-state index is 0.0151. The van der Waals surface area contributed by atoms with E-state index in [0.29, 0.717) is 17.1 Å². The van der Waals surface area contributed by atoms with E-state index in [-0.39, 0.29) is 33.1 Å². The number of benzene rings is 3. The van der Waals surface area contributed by atoms with Gasteiger partial charge < -0.3 is 10.2 Å². The van der Waals surface area contributed by atoms with Crippen LogP contribution in [0.2, 0.25) is 15.1 Å². The van der Waals surface area contributed by atoms with Gasteiger partial charge in [-0.2, -0.15) is 0 Å². The van der Waals surface area contributed by atoms with Crippen LogP contribution in [0.4, 0.5) is 5.69 Å². The summed E-state index contributed by atoms with van der Waals surface area (Å²) in [5.74, 6) is -0.978. The van der Waals surface area contributed by atoms with E-state index < -0.39 is 28.5 Å². The van der Waals surface area contributed by atoms with Crippen molar-refractivity contribution in [1.82, 2.24) is 10.2 Å². The maximum absolute atomic E-state index is 13.8. The average Bonchev–Trinajstić information content (AvgIpc) is 2.88. The van der Waals surface area contributed by atoms with Crippen LogP contribution in [0.1, 0.15) is 25.0 Å². The third kappa shape index (κ3) is 6.99. The van der Waals surface area contributed by atoms with Crippen LogP contribution in [0.3, 0.4) is 0 Å². The monoisotopic (exact) mass is 595 g/mol. The van der Waals surface area contributed by atoms with Gasteiger partial charge in [-0.05, 0) is 62.7 Å². The zero-order valence-corrected chi connectivity index (χ0v) is 24.2. The van der Waals surface area contributed by atoms with Crippen LogP contribution in [0, 0.1) is 6.92 Å². The van der Waals surface area contributed by atoms with Crippen molar-refractivity contribution >= 4 is 62.3 Å². The second-order valence-electron chi connectivity index (χ2n) is 8.62. The molecule has 3 rings (SSSR count). The fraction of sp³-hybridized carbons (Fsp3) is 0.259. The van der Waals surface area contributed by atoms with E-state index in [2.05, 4.69) is 5.32 Å². The van der Waals surface area contributed by atoms with Gasteiger partial charge in [-0.15, -0.1) is 0 Å². The summed E-state index contributed by atoms with van der Waals surface area (Å²) in [6, 6.07) is 16.7. The molecule has 11 heteroatoms. The number of halogens is 3. The third-order valence-electron chi connectivity index (χ3n) is 5.87. The van der Waals surface area contributed by atoms with E-state index in [1.165, 1.54) is 29.2 Å². The molecule has 0 aliphatic heterocycles. The number of amides is 2. The number of sulfonamides is 1. The Bertz CT molecular complexity index is 1400. The molecule has 38 heavy (non-hydrogen) atoms. The Labute approximate surface area is 238 Å². The van der Waals surface area contributed by atoms with E-state index in [9.17, 15) is 18.0 Å². The molecule has 0 saturated heterocycles. The molecule has 202 valence electrons. The molecule has 7 nitrogen and oxygen atoms in total.